The summed E-state index contributed by atoms with van der Waals surface area (Å²) >= 11 is 1.09. The zero-order valence-corrected chi connectivity index (χ0v) is 21.8. The first-order valence-corrected chi connectivity index (χ1v) is 13.4. The van der Waals surface area contributed by atoms with Crippen LogP contribution in [0, 0.1) is 6.92 Å². The number of alkyl halides is 3. The van der Waals surface area contributed by atoms with E-state index in [4.69, 9.17) is 0 Å². The van der Waals surface area contributed by atoms with E-state index in [-0.39, 0.29) is 34.3 Å². The third-order valence-electron chi connectivity index (χ3n) is 5.50. The molecule has 2 heterocycles. The van der Waals surface area contributed by atoms with Crippen molar-refractivity contribution in [1.29, 1.82) is 0 Å². The van der Waals surface area contributed by atoms with Crippen LogP contribution in [0.2, 0.25) is 0 Å². The van der Waals surface area contributed by atoms with E-state index in [1.807, 2.05) is 20.8 Å². The van der Waals surface area contributed by atoms with Crippen LogP contribution in [0.15, 0.2) is 40.6 Å². The Morgan fingerprint density at radius 2 is 1.77 bits per heavy atom. The molecule has 0 aliphatic carbocycles. The van der Waals surface area contributed by atoms with Crippen LogP contribution >= 0.6 is 11.3 Å². The molecule has 0 aliphatic rings. The topological polar surface area (TPSA) is 81.1 Å². The van der Waals surface area contributed by atoms with Gasteiger partial charge < -0.3 is 9.88 Å². The van der Waals surface area contributed by atoms with Crippen LogP contribution in [0.1, 0.15) is 65.7 Å². The highest BCUT2D eigenvalue weighted by Crippen LogP contribution is 2.33. The first-order valence-electron chi connectivity index (χ1n) is 11.0. The van der Waals surface area contributed by atoms with Crippen LogP contribution in [0.3, 0.4) is 0 Å². The maximum atomic E-state index is 13.6. The molecular formula is C24H28F3N3O3S2. The largest absolute Gasteiger partial charge is 0.416 e. The molecule has 0 unspecified atom stereocenters. The summed E-state index contributed by atoms with van der Waals surface area (Å²) in [6.07, 6.45) is -4.50. The molecular weight excluding hydrogens is 499 g/mol. The van der Waals surface area contributed by atoms with Crippen molar-refractivity contribution in [1.82, 2.24) is 14.9 Å². The normalized spacial score (nSPS) is 12.7. The Bertz CT molecular complexity index is 1330. The van der Waals surface area contributed by atoms with E-state index in [1.54, 1.807) is 30.5 Å². The number of rotatable bonds is 7. The van der Waals surface area contributed by atoms with E-state index in [1.165, 1.54) is 18.2 Å². The molecule has 11 heteroatoms. The van der Waals surface area contributed by atoms with Crippen molar-refractivity contribution in [3.63, 3.8) is 0 Å². The zero-order chi connectivity index (χ0) is 26.2. The summed E-state index contributed by atoms with van der Waals surface area (Å²) < 4.78 is 66.6. The lowest BCUT2D eigenvalue weighted by Gasteiger charge is -2.22. The summed E-state index contributed by atoms with van der Waals surface area (Å²) in [5.41, 5.74) is -0.605. The average molecular weight is 528 g/mol. The molecule has 0 radical (unpaired) electrons. The van der Waals surface area contributed by atoms with E-state index in [0.717, 1.165) is 17.4 Å². The molecule has 1 N–H and O–H groups in total. The Balaban J connectivity index is 1.91. The molecule has 1 amide bonds. The molecule has 1 aromatic carbocycles. The second kappa shape index (κ2) is 9.77. The van der Waals surface area contributed by atoms with Crippen LogP contribution in [0.5, 0.6) is 0 Å². The minimum Gasteiger partial charge on any atom is -0.346 e. The van der Waals surface area contributed by atoms with Gasteiger partial charge in [-0.25, -0.2) is 13.4 Å². The van der Waals surface area contributed by atoms with E-state index < -0.39 is 32.9 Å². The number of imidazole rings is 1. The number of amides is 1. The van der Waals surface area contributed by atoms with Gasteiger partial charge in [0.2, 0.25) is 0 Å². The number of thiophene rings is 1. The van der Waals surface area contributed by atoms with Gasteiger partial charge in [0.25, 0.3) is 5.91 Å². The van der Waals surface area contributed by atoms with Crippen LogP contribution in [0.4, 0.5) is 13.2 Å². The van der Waals surface area contributed by atoms with Gasteiger partial charge in [-0.05, 0) is 30.7 Å². The summed E-state index contributed by atoms with van der Waals surface area (Å²) in [5.74, 6) is -0.00284. The quantitative estimate of drug-likeness (QED) is 0.450. The molecule has 0 aliphatic heterocycles. The summed E-state index contributed by atoms with van der Waals surface area (Å²) in [7, 11) is -3.33. The maximum absolute atomic E-state index is 13.6. The van der Waals surface area contributed by atoms with Gasteiger partial charge >= 0.3 is 6.18 Å². The molecule has 6 nitrogen and oxygen atoms in total. The van der Waals surface area contributed by atoms with Crippen LogP contribution < -0.4 is 5.32 Å². The zero-order valence-electron chi connectivity index (χ0n) is 20.2. The summed E-state index contributed by atoms with van der Waals surface area (Å²) in [5, 5.41) is 2.75. The highest BCUT2D eigenvalue weighted by Gasteiger charge is 2.34. The van der Waals surface area contributed by atoms with Crippen molar-refractivity contribution >= 4 is 27.1 Å². The SMILES string of the molecule is CCS(=O)(=O)c1ccc(CNC(=O)c2nc(C(C)(C)C)n(Cc3ccccc3C(F)(F)F)c2C)s1. The summed E-state index contributed by atoms with van der Waals surface area (Å²) in [6, 6.07) is 8.52. The first-order chi connectivity index (χ1) is 16.1. The van der Waals surface area contributed by atoms with Gasteiger partial charge in [-0.3, -0.25) is 4.79 Å². The molecule has 3 rings (SSSR count). The molecule has 35 heavy (non-hydrogen) atoms. The lowest BCUT2D eigenvalue weighted by Crippen LogP contribution is -2.23. The van der Waals surface area contributed by atoms with Gasteiger partial charge in [0.15, 0.2) is 9.84 Å². The second-order valence-corrected chi connectivity index (χ2v) is 12.8. The average Bonchev–Trinajstić information content (AvgIpc) is 3.37. The first kappa shape index (κ1) is 26.9. The molecule has 3 aromatic rings. The fourth-order valence-electron chi connectivity index (χ4n) is 3.63. The number of hydrogen-bond donors (Lipinski definition) is 1. The number of carbonyl (C=O) groups is 1. The van der Waals surface area contributed by atoms with E-state index in [9.17, 15) is 26.4 Å². The van der Waals surface area contributed by atoms with Crippen LogP contribution in [0.25, 0.3) is 0 Å². The summed E-state index contributed by atoms with van der Waals surface area (Å²) in [6.45, 7) is 8.88. The van der Waals surface area contributed by atoms with Gasteiger partial charge in [-0.15, -0.1) is 11.3 Å². The number of sulfone groups is 1. The van der Waals surface area contributed by atoms with Crippen LogP contribution in [-0.2, 0) is 34.5 Å². The highest BCUT2D eigenvalue weighted by atomic mass is 32.2. The standard InChI is InChI=1S/C24H28F3N3O3S2/c1-6-35(32,33)19-12-11-17(34-19)13-28-21(31)20-15(2)30(22(29-20)23(3,4)5)14-16-9-7-8-10-18(16)24(25,26)27/h7-12H,6,13-14H2,1-5H3,(H,28,31). The number of carbonyl (C=O) groups excluding carboxylic acids is 1. The molecule has 0 fully saturated rings. The van der Waals surface area contributed by atoms with Crippen molar-refractivity contribution in [2.75, 3.05) is 5.75 Å². The minimum absolute atomic E-state index is 0.0109. The Labute approximate surface area is 207 Å². The Morgan fingerprint density at radius 1 is 1.11 bits per heavy atom. The molecule has 0 atom stereocenters. The number of aromatic nitrogens is 2. The highest BCUT2D eigenvalue weighted by molar-refractivity contribution is 7.93. The number of nitrogens with one attached hydrogen (secondary N) is 1. The predicted molar refractivity (Wildman–Crippen MR) is 129 cm³/mol. The molecule has 0 spiro atoms. The Kier molecular flexibility index (Phi) is 7.52. The monoisotopic (exact) mass is 527 g/mol. The van der Waals surface area contributed by atoms with E-state index >= 15 is 0 Å². The van der Waals surface area contributed by atoms with Crippen LogP contribution in [-0.4, -0.2) is 29.6 Å². The molecule has 2 aromatic heterocycles. The third-order valence-corrected chi connectivity index (χ3v) is 8.91. The third kappa shape index (κ3) is 5.95. The number of nitrogens with zero attached hydrogens (tertiary/aromatic N) is 2. The number of benzene rings is 1. The number of hydrogen-bond acceptors (Lipinski definition) is 5. The Morgan fingerprint density at radius 3 is 2.37 bits per heavy atom. The van der Waals surface area contributed by atoms with Crippen molar-refractivity contribution < 1.29 is 26.4 Å². The van der Waals surface area contributed by atoms with Crippen molar-refractivity contribution in [2.45, 2.75) is 63.5 Å². The maximum Gasteiger partial charge on any atom is 0.416 e. The summed E-state index contributed by atoms with van der Waals surface area (Å²) in [4.78, 5) is 18.2. The predicted octanol–water partition coefficient (Wildman–Crippen LogP) is 5.34. The minimum atomic E-state index is -4.50. The van der Waals surface area contributed by atoms with Gasteiger partial charge in [-0.1, -0.05) is 45.9 Å². The van der Waals surface area contributed by atoms with Gasteiger partial charge in [0.1, 0.15) is 15.7 Å². The smallest absolute Gasteiger partial charge is 0.346 e. The fourth-order valence-corrected chi connectivity index (χ4v) is 6.05. The Hall–Kier alpha value is -2.66. The van der Waals surface area contributed by atoms with Gasteiger partial charge in [0.05, 0.1) is 17.9 Å². The lowest BCUT2D eigenvalue weighted by atomic mass is 9.95. The van der Waals surface area contributed by atoms with Crippen molar-refractivity contribution in [3.8, 4) is 0 Å². The molecule has 0 bridgehead atoms. The number of halogens is 3. The molecule has 0 saturated carbocycles. The van der Waals surface area contributed by atoms with Crippen molar-refractivity contribution in [2.24, 2.45) is 0 Å². The van der Waals surface area contributed by atoms with Gasteiger partial charge in [0, 0.05) is 22.5 Å². The molecule has 190 valence electrons. The molecule has 0 saturated heterocycles. The fraction of sp³-hybridized carbons (Fsp3) is 0.417. The van der Waals surface area contributed by atoms with E-state index in [0.29, 0.717) is 16.4 Å². The second-order valence-electron chi connectivity index (χ2n) is 9.17. The van der Waals surface area contributed by atoms with Gasteiger partial charge in [-0.2, -0.15) is 13.2 Å². The van der Waals surface area contributed by atoms with Crippen molar-refractivity contribution in [3.05, 3.63) is 69.6 Å². The lowest BCUT2D eigenvalue weighted by molar-refractivity contribution is -0.138. The van der Waals surface area contributed by atoms with E-state index in [2.05, 4.69) is 10.3 Å².